The van der Waals surface area contributed by atoms with Gasteiger partial charge >= 0.3 is 6.09 Å². The fourth-order valence-electron chi connectivity index (χ4n) is 3.61. The summed E-state index contributed by atoms with van der Waals surface area (Å²) in [5, 5.41) is 16.3. The molecule has 4 aromatic rings. The van der Waals surface area contributed by atoms with Gasteiger partial charge < -0.3 is 25.4 Å². The van der Waals surface area contributed by atoms with Crippen LogP contribution in [0.25, 0.3) is 21.1 Å². The summed E-state index contributed by atoms with van der Waals surface area (Å²) in [5.41, 5.74) is 2.36. The molecule has 0 bridgehead atoms. The van der Waals surface area contributed by atoms with Crippen LogP contribution in [0.1, 0.15) is 22.2 Å². The van der Waals surface area contributed by atoms with Crippen molar-refractivity contribution in [2.45, 2.75) is 19.5 Å². The number of nitrogens with zero attached hydrogens (tertiary/aromatic N) is 5. The molecule has 34 heavy (non-hydrogen) atoms. The molecular weight excluding hydrogens is 482 g/mol. The fraction of sp³-hybridized carbons (Fsp3) is 0.238. The molecule has 0 unspecified atom stereocenters. The maximum absolute atomic E-state index is 12.6. The van der Waals surface area contributed by atoms with Crippen molar-refractivity contribution < 1.29 is 19.4 Å². The Morgan fingerprint density at radius 1 is 1.32 bits per heavy atom. The van der Waals surface area contributed by atoms with Gasteiger partial charge in [-0.2, -0.15) is 4.98 Å². The van der Waals surface area contributed by atoms with Gasteiger partial charge in [0.05, 0.1) is 35.0 Å². The Hall–Kier alpha value is -3.77. The molecule has 3 N–H and O–H groups in total. The lowest BCUT2D eigenvalue weighted by atomic mass is 10.1. The van der Waals surface area contributed by atoms with Crippen LogP contribution < -0.4 is 15.4 Å². The third-order valence-corrected chi connectivity index (χ3v) is 6.58. The number of thiophene rings is 1. The molecule has 3 aromatic heterocycles. The van der Waals surface area contributed by atoms with E-state index in [1.807, 2.05) is 13.0 Å². The summed E-state index contributed by atoms with van der Waals surface area (Å²) in [6.07, 6.45) is 1.74. The van der Waals surface area contributed by atoms with Gasteiger partial charge in [-0.3, -0.25) is 4.79 Å². The molecule has 4 heterocycles. The van der Waals surface area contributed by atoms with Crippen LogP contribution in [0, 0.1) is 0 Å². The summed E-state index contributed by atoms with van der Waals surface area (Å²) in [5.74, 6) is 0.121. The van der Waals surface area contributed by atoms with E-state index in [2.05, 4.69) is 30.6 Å². The minimum atomic E-state index is -1.11. The van der Waals surface area contributed by atoms with Crippen LogP contribution in [0.15, 0.2) is 24.5 Å². The number of nitrogens with one attached hydrogen (secondary N) is 2. The normalized spacial score (nSPS) is 15.4. The van der Waals surface area contributed by atoms with Crippen molar-refractivity contribution in [3.63, 3.8) is 0 Å². The molecule has 0 aliphatic carbocycles. The highest BCUT2D eigenvalue weighted by molar-refractivity contribution is 7.21. The number of carbonyl (C=O) groups excluding carboxylic acids is 1. The second kappa shape index (κ2) is 8.54. The van der Waals surface area contributed by atoms with E-state index in [-0.39, 0.29) is 35.5 Å². The quantitative estimate of drug-likeness (QED) is 0.358. The fourth-order valence-corrected chi connectivity index (χ4v) is 4.82. The molecule has 0 spiro atoms. The minimum absolute atomic E-state index is 0.00253. The molecule has 1 atom stereocenters. The second-order valence-corrected chi connectivity index (χ2v) is 9.18. The van der Waals surface area contributed by atoms with E-state index in [1.54, 1.807) is 6.07 Å². The van der Waals surface area contributed by atoms with Gasteiger partial charge in [-0.15, -0.1) is 11.3 Å². The molecule has 13 heteroatoms. The van der Waals surface area contributed by atoms with Crippen LogP contribution in [-0.2, 0) is 6.54 Å². The Kier molecular flexibility index (Phi) is 5.54. The first-order chi connectivity index (χ1) is 16.3. The summed E-state index contributed by atoms with van der Waals surface area (Å²) in [7, 11) is 1.42. The van der Waals surface area contributed by atoms with Crippen molar-refractivity contribution in [2.24, 2.45) is 0 Å². The van der Waals surface area contributed by atoms with E-state index in [4.69, 9.17) is 21.4 Å². The number of amides is 2. The van der Waals surface area contributed by atoms with E-state index in [0.29, 0.717) is 28.0 Å². The molecule has 0 saturated carbocycles. The number of halogens is 1. The molecule has 174 valence electrons. The molecule has 2 amide bonds. The predicted molar refractivity (Wildman–Crippen MR) is 127 cm³/mol. The van der Waals surface area contributed by atoms with Gasteiger partial charge in [0.1, 0.15) is 4.88 Å². The summed E-state index contributed by atoms with van der Waals surface area (Å²) in [4.78, 5) is 42.6. The first kappa shape index (κ1) is 22.0. The molecule has 1 aliphatic heterocycles. The van der Waals surface area contributed by atoms with E-state index in [9.17, 15) is 9.59 Å². The van der Waals surface area contributed by atoms with Crippen molar-refractivity contribution in [2.75, 3.05) is 18.9 Å². The van der Waals surface area contributed by atoms with Crippen molar-refractivity contribution in [1.82, 2.24) is 30.2 Å². The number of anilines is 1. The summed E-state index contributed by atoms with van der Waals surface area (Å²) in [6.45, 7) is 2.53. The highest BCUT2D eigenvalue weighted by Crippen LogP contribution is 2.40. The highest BCUT2D eigenvalue weighted by atomic mass is 35.5. The SMILES string of the molecule is C[C@@H]1CNc2c(sc3ccc4nc(Oc5nc(Cl)ncc5CN(C)C(=O)O)cnc4c23)C(=O)N1. The van der Waals surface area contributed by atoms with Gasteiger partial charge in [0.2, 0.25) is 17.0 Å². The Morgan fingerprint density at radius 2 is 2.15 bits per heavy atom. The van der Waals surface area contributed by atoms with Crippen molar-refractivity contribution >= 4 is 61.7 Å². The zero-order valence-corrected chi connectivity index (χ0v) is 19.6. The molecule has 5 rings (SSSR count). The summed E-state index contributed by atoms with van der Waals surface area (Å²) in [6, 6.07) is 3.69. The number of hydrogen-bond donors (Lipinski definition) is 3. The predicted octanol–water partition coefficient (Wildman–Crippen LogP) is 3.73. The van der Waals surface area contributed by atoms with Crippen molar-refractivity contribution in [3.05, 3.63) is 40.3 Å². The smallest absolute Gasteiger partial charge is 0.407 e. The molecule has 0 saturated heterocycles. The topological polar surface area (TPSA) is 142 Å². The lowest BCUT2D eigenvalue weighted by Gasteiger charge is -2.15. The standard InChI is InChI=1S/C21H18ClN7O4S/c1-9-5-23-16-14-12(34-17(16)18(30)26-9)4-3-11-15(14)24-7-13(27-11)33-19-10(6-25-20(22)28-19)8-29(2)21(31)32/h3-4,6-7,9,23H,5,8H2,1-2H3,(H,26,30)(H,31,32)/t9-/m1/s1. The maximum Gasteiger partial charge on any atom is 0.407 e. The highest BCUT2D eigenvalue weighted by Gasteiger charge is 2.25. The molecule has 1 aromatic carbocycles. The van der Waals surface area contributed by atoms with Gasteiger partial charge in [0.15, 0.2) is 0 Å². The molecule has 11 nitrogen and oxygen atoms in total. The monoisotopic (exact) mass is 499 g/mol. The Balaban J connectivity index is 1.54. The van der Waals surface area contributed by atoms with Crippen LogP contribution in [0.5, 0.6) is 11.8 Å². The number of carbonyl (C=O) groups is 2. The van der Waals surface area contributed by atoms with E-state index in [0.717, 1.165) is 20.7 Å². The lowest BCUT2D eigenvalue weighted by molar-refractivity contribution is 0.0949. The van der Waals surface area contributed by atoms with Gasteiger partial charge in [0, 0.05) is 35.9 Å². The average Bonchev–Trinajstić information content (AvgIpc) is 3.12. The second-order valence-electron chi connectivity index (χ2n) is 7.79. The van der Waals surface area contributed by atoms with E-state index >= 15 is 0 Å². The molecule has 1 aliphatic rings. The summed E-state index contributed by atoms with van der Waals surface area (Å²) >= 11 is 7.32. The van der Waals surface area contributed by atoms with Crippen LogP contribution in [0.4, 0.5) is 10.5 Å². The van der Waals surface area contributed by atoms with Crippen LogP contribution in [-0.4, -0.2) is 61.6 Å². The third-order valence-electron chi connectivity index (χ3n) is 5.24. The number of fused-ring (bicyclic) bond motifs is 5. The Morgan fingerprint density at radius 3 is 2.94 bits per heavy atom. The van der Waals surface area contributed by atoms with Gasteiger partial charge in [0.25, 0.3) is 5.91 Å². The van der Waals surface area contributed by atoms with Crippen molar-refractivity contribution in [3.8, 4) is 11.8 Å². The summed E-state index contributed by atoms with van der Waals surface area (Å²) < 4.78 is 6.75. The largest absolute Gasteiger partial charge is 0.465 e. The number of ether oxygens (including phenoxy) is 1. The van der Waals surface area contributed by atoms with Gasteiger partial charge in [-0.25, -0.2) is 19.7 Å². The lowest BCUT2D eigenvalue weighted by Crippen LogP contribution is -2.34. The zero-order chi connectivity index (χ0) is 24.0. The Labute approximate surface area is 201 Å². The van der Waals surface area contributed by atoms with Gasteiger partial charge in [-0.1, -0.05) is 0 Å². The van der Waals surface area contributed by atoms with Crippen LogP contribution in [0.3, 0.4) is 0 Å². The molecular formula is C21H18ClN7O4S. The first-order valence-electron chi connectivity index (χ1n) is 10.2. The molecule has 0 radical (unpaired) electrons. The van der Waals surface area contributed by atoms with Crippen LogP contribution >= 0.6 is 22.9 Å². The Bertz CT molecular complexity index is 1460. The van der Waals surface area contributed by atoms with Crippen molar-refractivity contribution in [1.29, 1.82) is 0 Å². The van der Waals surface area contributed by atoms with Gasteiger partial charge in [-0.05, 0) is 30.7 Å². The number of hydrogen-bond acceptors (Lipinski definition) is 9. The number of carboxylic acid groups (broad SMARTS) is 1. The average molecular weight is 500 g/mol. The van der Waals surface area contributed by atoms with E-state index < -0.39 is 6.09 Å². The van der Waals surface area contributed by atoms with Crippen LogP contribution in [0.2, 0.25) is 5.28 Å². The molecule has 0 fully saturated rings. The number of rotatable bonds is 4. The van der Waals surface area contributed by atoms with E-state index in [1.165, 1.54) is 30.8 Å². The first-order valence-corrected chi connectivity index (χ1v) is 11.4. The zero-order valence-electron chi connectivity index (χ0n) is 18.0. The number of aromatic nitrogens is 4. The maximum atomic E-state index is 12.6. The third kappa shape index (κ3) is 4.01. The minimum Gasteiger partial charge on any atom is -0.465 e. The number of benzene rings is 1.